The van der Waals surface area contributed by atoms with Crippen LogP contribution in [0.2, 0.25) is 0 Å². The third-order valence-corrected chi connectivity index (χ3v) is 6.92. The van der Waals surface area contributed by atoms with Gasteiger partial charge in [0.2, 0.25) is 0 Å². The number of hydrogen-bond donors (Lipinski definition) is 1. The molecule has 2 unspecified atom stereocenters. The van der Waals surface area contributed by atoms with Crippen LogP contribution in [0.1, 0.15) is 69.9 Å². The Balaban J connectivity index is 1.55. The van der Waals surface area contributed by atoms with Crippen molar-refractivity contribution in [2.24, 2.45) is 11.8 Å². The lowest BCUT2D eigenvalue weighted by atomic mass is 9.65. The maximum atomic E-state index is 14.0. The van der Waals surface area contributed by atoms with Crippen LogP contribution in [0.4, 0.5) is 4.39 Å². The van der Waals surface area contributed by atoms with Gasteiger partial charge in [0.05, 0.1) is 4.99 Å². The molecule has 1 aliphatic carbocycles. The summed E-state index contributed by atoms with van der Waals surface area (Å²) < 4.78 is 14.0. The number of nitrogens with one attached hydrogen (secondary N) is 1. The van der Waals surface area contributed by atoms with Gasteiger partial charge in [-0.05, 0) is 85.1 Å². The number of aromatic nitrogens is 1. The number of hydrogen-bond acceptors (Lipinski definition) is 2. The molecular weight excluding hydrogens is 391 g/mol. The van der Waals surface area contributed by atoms with Gasteiger partial charge in [-0.15, -0.1) is 0 Å². The highest BCUT2D eigenvalue weighted by Crippen LogP contribution is 2.51. The minimum Gasteiger partial charge on any atom is -0.380 e. The van der Waals surface area contributed by atoms with Gasteiger partial charge in [0.15, 0.2) is 0 Å². The van der Waals surface area contributed by atoms with E-state index in [4.69, 9.17) is 12.2 Å². The van der Waals surface area contributed by atoms with E-state index < -0.39 is 0 Å². The van der Waals surface area contributed by atoms with Gasteiger partial charge in [-0.3, -0.25) is 4.98 Å². The highest BCUT2D eigenvalue weighted by molar-refractivity contribution is 7.80. The Bertz CT molecular complexity index is 806. The summed E-state index contributed by atoms with van der Waals surface area (Å²) in [5, 5.41) is 3.50. The van der Waals surface area contributed by atoms with Crippen molar-refractivity contribution >= 4 is 17.2 Å². The van der Waals surface area contributed by atoms with Crippen molar-refractivity contribution in [2.75, 3.05) is 6.54 Å². The molecule has 0 saturated heterocycles. The van der Waals surface area contributed by atoms with E-state index in [0.717, 1.165) is 55.6 Å². The van der Waals surface area contributed by atoms with E-state index in [2.05, 4.69) is 36.3 Å². The van der Waals surface area contributed by atoms with Crippen molar-refractivity contribution in [3.8, 4) is 0 Å². The Morgan fingerprint density at radius 1 is 1.27 bits per heavy atom. The lowest BCUT2D eigenvalue weighted by Gasteiger charge is -2.39. The fourth-order valence-electron chi connectivity index (χ4n) is 4.82. The molecule has 0 amide bonds. The molecule has 2 nitrogen and oxygen atoms in total. The first-order valence-electron chi connectivity index (χ1n) is 11.4. The average molecular weight is 427 g/mol. The lowest BCUT2D eigenvalue weighted by Crippen LogP contribution is -2.37. The van der Waals surface area contributed by atoms with E-state index in [9.17, 15) is 4.39 Å². The molecule has 1 aromatic carbocycles. The van der Waals surface area contributed by atoms with Gasteiger partial charge < -0.3 is 5.32 Å². The molecule has 1 saturated carbocycles. The SMILES string of the molecule is CCCC(C)(c1cccc(F)c1)C(CC(=S)NCCCCc1cccnc1)C1CC1. The number of nitrogens with zero attached hydrogens (tertiary/aromatic N) is 1. The van der Waals surface area contributed by atoms with E-state index in [1.807, 2.05) is 24.5 Å². The van der Waals surface area contributed by atoms with Crippen LogP contribution in [0.5, 0.6) is 0 Å². The van der Waals surface area contributed by atoms with Crippen molar-refractivity contribution in [1.82, 2.24) is 10.3 Å². The zero-order chi connectivity index (χ0) is 21.4. The van der Waals surface area contributed by atoms with E-state index in [0.29, 0.717) is 11.8 Å². The normalized spacial score (nSPS) is 16.6. The molecule has 30 heavy (non-hydrogen) atoms. The molecule has 3 rings (SSSR count). The predicted octanol–water partition coefficient (Wildman–Crippen LogP) is 6.63. The summed E-state index contributed by atoms with van der Waals surface area (Å²) in [6.45, 7) is 5.46. The number of halogens is 1. The summed E-state index contributed by atoms with van der Waals surface area (Å²) in [6.07, 6.45) is 12.6. The van der Waals surface area contributed by atoms with Gasteiger partial charge in [-0.1, -0.05) is 50.7 Å². The molecule has 0 radical (unpaired) electrons. The molecule has 1 fully saturated rings. The first-order chi connectivity index (χ1) is 14.5. The van der Waals surface area contributed by atoms with Gasteiger partial charge in [0, 0.05) is 25.4 Å². The van der Waals surface area contributed by atoms with E-state index in [1.165, 1.54) is 18.4 Å². The first kappa shape index (κ1) is 22.9. The fourth-order valence-corrected chi connectivity index (χ4v) is 5.10. The summed E-state index contributed by atoms with van der Waals surface area (Å²) in [5.74, 6) is 1.03. The van der Waals surface area contributed by atoms with Crippen molar-refractivity contribution in [3.05, 3.63) is 65.7 Å². The highest BCUT2D eigenvalue weighted by Gasteiger charge is 2.44. The molecule has 2 aromatic rings. The van der Waals surface area contributed by atoms with E-state index in [1.54, 1.807) is 12.1 Å². The monoisotopic (exact) mass is 426 g/mol. The Morgan fingerprint density at radius 3 is 2.77 bits per heavy atom. The van der Waals surface area contributed by atoms with Crippen LogP contribution in [0.15, 0.2) is 48.8 Å². The molecule has 1 aromatic heterocycles. The maximum Gasteiger partial charge on any atom is 0.123 e. The summed E-state index contributed by atoms with van der Waals surface area (Å²) in [4.78, 5) is 5.14. The van der Waals surface area contributed by atoms with Gasteiger partial charge in [0.1, 0.15) is 5.82 Å². The molecule has 4 heteroatoms. The predicted molar refractivity (Wildman–Crippen MR) is 127 cm³/mol. The van der Waals surface area contributed by atoms with Crippen molar-refractivity contribution < 1.29 is 4.39 Å². The maximum absolute atomic E-state index is 14.0. The smallest absolute Gasteiger partial charge is 0.123 e. The Labute approximate surface area is 186 Å². The quantitative estimate of drug-likeness (QED) is 0.304. The number of thiocarbonyl (C=S) groups is 1. The molecule has 0 aliphatic heterocycles. The molecule has 2 atom stereocenters. The number of benzene rings is 1. The third kappa shape index (κ3) is 6.34. The van der Waals surface area contributed by atoms with Crippen molar-refractivity contribution in [1.29, 1.82) is 0 Å². The standard InChI is InChI=1S/C26H35FN2S/c1-3-14-26(2,22-10-6-11-23(27)17-22)24(21-12-13-21)18-25(30)29-16-5-4-8-20-9-7-15-28-19-20/h6-7,9-11,15,17,19,21,24H,3-5,8,12-14,16,18H2,1-2H3,(H,29,30). The second kappa shape index (κ2) is 11.0. The largest absolute Gasteiger partial charge is 0.380 e. The third-order valence-electron chi connectivity index (χ3n) is 6.61. The van der Waals surface area contributed by atoms with Crippen LogP contribution in [0, 0.1) is 17.7 Å². The molecule has 162 valence electrons. The zero-order valence-corrected chi connectivity index (χ0v) is 19.2. The lowest BCUT2D eigenvalue weighted by molar-refractivity contribution is 0.245. The van der Waals surface area contributed by atoms with E-state index in [-0.39, 0.29) is 11.2 Å². The fraction of sp³-hybridized carbons (Fsp3) is 0.538. The van der Waals surface area contributed by atoms with Crippen LogP contribution in [-0.4, -0.2) is 16.5 Å². The minimum absolute atomic E-state index is 0.0376. The van der Waals surface area contributed by atoms with Crippen LogP contribution < -0.4 is 5.32 Å². The van der Waals surface area contributed by atoms with Crippen LogP contribution in [0.25, 0.3) is 0 Å². The average Bonchev–Trinajstić information content (AvgIpc) is 3.58. The molecule has 1 aliphatic rings. The highest BCUT2D eigenvalue weighted by atomic mass is 32.1. The number of unbranched alkanes of at least 4 members (excludes halogenated alkanes) is 1. The summed E-state index contributed by atoms with van der Waals surface area (Å²) in [7, 11) is 0. The Hall–Kier alpha value is -1.81. The van der Waals surface area contributed by atoms with Gasteiger partial charge >= 0.3 is 0 Å². The topological polar surface area (TPSA) is 24.9 Å². The molecular formula is C26H35FN2S. The van der Waals surface area contributed by atoms with Crippen LogP contribution >= 0.6 is 12.2 Å². The van der Waals surface area contributed by atoms with Gasteiger partial charge in [0.25, 0.3) is 0 Å². The molecule has 0 spiro atoms. The zero-order valence-electron chi connectivity index (χ0n) is 18.4. The Morgan fingerprint density at radius 2 is 2.10 bits per heavy atom. The van der Waals surface area contributed by atoms with Crippen LogP contribution in [0.3, 0.4) is 0 Å². The second-order valence-corrected chi connectivity index (χ2v) is 9.49. The molecule has 0 bridgehead atoms. The number of rotatable bonds is 12. The minimum atomic E-state index is -0.140. The van der Waals surface area contributed by atoms with Crippen molar-refractivity contribution in [3.63, 3.8) is 0 Å². The van der Waals surface area contributed by atoms with E-state index >= 15 is 0 Å². The number of pyridine rings is 1. The summed E-state index contributed by atoms with van der Waals surface area (Å²) in [6, 6.07) is 11.4. The van der Waals surface area contributed by atoms with Gasteiger partial charge in [-0.2, -0.15) is 0 Å². The van der Waals surface area contributed by atoms with Crippen molar-refractivity contribution in [2.45, 2.75) is 70.6 Å². The Kier molecular flexibility index (Phi) is 8.38. The number of aryl methyl sites for hydroxylation is 1. The summed E-state index contributed by atoms with van der Waals surface area (Å²) in [5.41, 5.74) is 2.38. The summed E-state index contributed by atoms with van der Waals surface area (Å²) >= 11 is 5.75. The second-order valence-electron chi connectivity index (χ2n) is 8.99. The van der Waals surface area contributed by atoms with Crippen LogP contribution in [-0.2, 0) is 11.8 Å². The first-order valence-corrected chi connectivity index (χ1v) is 11.9. The van der Waals surface area contributed by atoms with Gasteiger partial charge in [-0.25, -0.2) is 4.39 Å². The molecule has 1 heterocycles. The molecule has 1 N–H and O–H groups in total.